The molecule has 0 aliphatic heterocycles. The number of carbonyl (C=O) groups excluding carboxylic acids is 1. The number of carbonyl (C=O) groups is 1. The molecule has 0 spiro atoms. The van der Waals surface area contributed by atoms with Gasteiger partial charge in [-0.05, 0) is 59.5 Å². The van der Waals surface area contributed by atoms with Gasteiger partial charge in [-0.3, -0.25) is 4.79 Å². The molecule has 1 amide bonds. The fraction of sp³-hybridized carbons (Fsp3) is 0.222. The van der Waals surface area contributed by atoms with Crippen molar-refractivity contribution in [2.45, 2.75) is 26.2 Å². The van der Waals surface area contributed by atoms with Crippen molar-refractivity contribution in [1.82, 2.24) is 15.3 Å². The minimum absolute atomic E-state index is 0.0476. The highest BCUT2D eigenvalue weighted by atomic mass is 19.1. The Balaban J connectivity index is 1.43. The summed E-state index contributed by atoms with van der Waals surface area (Å²) in [5.74, 6) is 0.765. The summed E-state index contributed by atoms with van der Waals surface area (Å²) in [6.45, 7) is 7.37. The molecular weight excluding hydrogens is 415 g/mol. The van der Waals surface area contributed by atoms with Gasteiger partial charge in [0.2, 0.25) is 0 Å². The zero-order valence-electron chi connectivity index (χ0n) is 19.0. The van der Waals surface area contributed by atoms with Crippen LogP contribution in [0.4, 0.5) is 10.2 Å². The molecule has 0 saturated carbocycles. The first-order valence-electron chi connectivity index (χ1n) is 11.0. The fourth-order valence-electron chi connectivity index (χ4n) is 3.52. The normalized spacial score (nSPS) is 11.4. The van der Waals surface area contributed by atoms with Crippen molar-refractivity contribution >= 4 is 22.6 Å². The first-order chi connectivity index (χ1) is 15.8. The molecule has 4 aromatic rings. The summed E-state index contributed by atoms with van der Waals surface area (Å²) in [7, 11) is 0. The third-order valence-electron chi connectivity index (χ3n) is 5.42. The van der Waals surface area contributed by atoms with Gasteiger partial charge in [0, 0.05) is 29.6 Å². The van der Waals surface area contributed by atoms with Crippen molar-refractivity contribution in [3.05, 3.63) is 89.7 Å². The van der Waals surface area contributed by atoms with Crippen LogP contribution in [0.15, 0.2) is 72.8 Å². The maximum Gasteiger partial charge on any atom is 0.251 e. The van der Waals surface area contributed by atoms with Crippen molar-refractivity contribution in [3.8, 4) is 11.4 Å². The number of nitrogens with zero attached hydrogens (tertiary/aromatic N) is 2. The first-order valence-corrected chi connectivity index (χ1v) is 11.0. The average Bonchev–Trinajstić information content (AvgIpc) is 2.81. The monoisotopic (exact) mass is 442 g/mol. The van der Waals surface area contributed by atoms with E-state index in [1.807, 2.05) is 48.5 Å². The SMILES string of the molecule is CC(C)(C)c1ccc(C(=O)NCCNc2nc(-c3ccc(F)cc3)nc3ccccc23)cc1. The number of hydrogen-bond donors (Lipinski definition) is 2. The molecule has 0 fully saturated rings. The van der Waals surface area contributed by atoms with Crippen molar-refractivity contribution in [2.24, 2.45) is 0 Å². The summed E-state index contributed by atoms with van der Waals surface area (Å²) in [6.07, 6.45) is 0. The molecule has 0 bridgehead atoms. The molecule has 0 unspecified atom stereocenters. The number of nitrogens with one attached hydrogen (secondary N) is 2. The Hall–Kier alpha value is -3.80. The smallest absolute Gasteiger partial charge is 0.251 e. The quantitative estimate of drug-likeness (QED) is 0.383. The number of benzene rings is 3. The molecule has 1 aromatic heterocycles. The highest BCUT2D eigenvalue weighted by molar-refractivity contribution is 5.94. The number of para-hydroxylation sites is 1. The maximum atomic E-state index is 13.3. The van der Waals surface area contributed by atoms with Gasteiger partial charge in [0.25, 0.3) is 5.91 Å². The van der Waals surface area contributed by atoms with Gasteiger partial charge < -0.3 is 10.6 Å². The molecule has 0 aliphatic rings. The van der Waals surface area contributed by atoms with Gasteiger partial charge in [-0.25, -0.2) is 14.4 Å². The fourth-order valence-corrected chi connectivity index (χ4v) is 3.52. The van der Waals surface area contributed by atoms with E-state index < -0.39 is 0 Å². The molecule has 0 aliphatic carbocycles. The zero-order valence-corrected chi connectivity index (χ0v) is 19.0. The Morgan fingerprint density at radius 3 is 2.27 bits per heavy atom. The topological polar surface area (TPSA) is 66.9 Å². The molecular formula is C27H27FN4O. The van der Waals surface area contributed by atoms with E-state index in [-0.39, 0.29) is 17.1 Å². The summed E-state index contributed by atoms with van der Waals surface area (Å²) in [4.78, 5) is 21.8. The first kappa shape index (κ1) is 22.4. The molecule has 6 heteroatoms. The molecule has 3 aromatic carbocycles. The number of aromatic nitrogens is 2. The predicted octanol–water partition coefficient (Wildman–Crippen LogP) is 5.58. The molecule has 5 nitrogen and oxygen atoms in total. The number of rotatable bonds is 6. The molecule has 33 heavy (non-hydrogen) atoms. The van der Waals surface area contributed by atoms with Crippen LogP contribution in [0.2, 0.25) is 0 Å². The van der Waals surface area contributed by atoms with Crippen LogP contribution >= 0.6 is 0 Å². The second kappa shape index (κ2) is 9.36. The lowest BCUT2D eigenvalue weighted by molar-refractivity contribution is 0.0955. The second-order valence-corrected chi connectivity index (χ2v) is 8.93. The molecule has 1 heterocycles. The second-order valence-electron chi connectivity index (χ2n) is 8.93. The van der Waals surface area contributed by atoms with Crippen molar-refractivity contribution < 1.29 is 9.18 Å². The van der Waals surface area contributed by atoms with Crippen LogP contribution in [-0.2, 0) is 5.41 Å². The van der Waals surface area contributed by atoms with Gasteiger partial charge in [-0.15, -0.1) is 0 Å². The van der Waals surface area contributed by atoms with E-state index in [1.54, 1.807) is 12.1 Å². The molecule has 0 atom stereocenters. The Kier molecular flexibility index (Phi) is 6.36. The van der Waals surface area contributed by atoms with Crippen LogP contribution in [0, 0.1) is 5.82 Å². The number of anilines is 1. The van der Waals surface area contributed by atoms with Crippen molar-refractivity contribution in [2.75, 3.05) is 18.4 Å². The van der Waals surface area contributed by atoms with E-state index >= 15 is 0 Å². The minimum atomic E-state index is -0.304. The van der Waals surface area contributed by atoms with Crippen LogP contribution in [0.1, 0.15) is 36.7 Å². The van der Waals surface area contributed by atoms with Gasteiger partial charge in [0.1, 0.15) is 11.6 Å². The molecule has 4 rings (SSSR count). The molecule has 0 radical (unpaired) electrons. The average molecular weight is 443 g/mol. The lowest BCUT2D eigenvalue weighted by atomic mass is 9.87. The van der Waals surface area contributed by atoms with Crippen LogP contribution in [0.5, 0.6) is 0 Å². The van der Waals surface area contributed by atoms with Gasteiger partial charge in [-0.2, -0.15) is 0 Å². The third kappa shape index (κ3) is 5.34. The lowest BCUT2D eigenvalue weighted by Gasteiger charge is -2.19. The molecule has 0 saturated heterocycles. The number of fused-ring (bicyclic) bond motifs is 1. The zero-order chi connectivity index (χ0) is 23.4. The highest BCUT2D eigenvalue weighted by Crippen LogP contribution is 2.25. The van der Waals surface area contributed by atoms with E-state index in [0.717, 1.165) is 16.5 Å². The number of hydrogen-bond acceptors (Lipinski definition) is 4. The van der Waals surface area contributed by atoms with Gasteiger partial charge >= 0.3 is 0 Å². The standard InChI is InChI=1S/C27H27FN4O/c1-27(2,3)20-12-8-19(9-13-20)26(33)30-17-16-29-25-22-6-4-5-7-23(22)31-24(32-25)18-10-14-21(28)15-11-18/h4-15H,16-17H2,1-3H3,(H,30,33)(H,29,31,32). The van der Waals surface area contributed by atoms with E-state index in [0.29, 0.717) is 30.3 Å². The molecule has 168 valence electrons. The Labute approximate surface area is 193 Å². The summed E-state index contributed by atoms with van der Waals surface area (Å²) in [6, 6.07) is 21.5. The number of halogens is 1. The van der Waals surface area contributed by atoms with Crippen LogP contribution in [0.3, 0.4) is 0 Å². The number of amides is 1. The van der Waals surface area contributed by atoms with E-state index in [1.165, 1.54) is 17.7 Å². The Morgan fingerprint density at radius 1 is 0.879 bits per heavy atom. The van der Waals surface area contributed by atoms with Crippen molar-refractivity contribution in [3.63, 3.8) is 0 Å². The van der Waals surface area contributed by atoms with Gasteiger partial charge in [0.15, 0.2) is 5.82 Å². The minimum Gasteiger partial charge on any atom is -0.368 e. The van der Waals surface area contributed by atoms with Crippen LogP contribution in [-0.4, -0.2) is 29.0 Å². The third-order valence-corrected chi connectivity index (χ3v) is 5.42. The highest BCUT2D eigenvalue weighted by Gasteiger charge is 2.14. The lowest BCUT2D eigenvalue weighted by Crippen LogP contribution is -2.29. The summed E-state index contributed by atoms with van der Waals surface area (Å²) >= 11 is 0. The Bertz CT molecular complexity index is 1260. The summed E-state index contributed by atoms with van der Waals surface area (Å²) in [5, 5.41) is 7.13. The summed E-state index contributed by atoms with van der Waals surface area (Å²) < 4.78 is 13.3. The van der Waals surface area contributed by atoms with Crippen LogP contribution in [0.25, 0.3) is 22.3 Å². The maximum absolute atomic E-state index is 13.3. The van der Waals surface area contributed by atoms with Crippen LogP contribution < -0.4 is 10.6 Å². The largest absolute Gasteiger partial charge is 0.368 e. The van der Waals surface area contributed by atoms with E-state index in [9.17, 15) is 9.18 Å². The van der Waals surface area contributed by atoms with E-state index in [4.69, 9.17) is 0 Å². The molecule has 2 N–H and O–H groups in total. The van der Waals surface area contributed by atoms with Gasteiger partial charge in [0.05, 0.1) is 5.52 Å². The van der Waals surface area contributed by atoms with E-state index in [2.05, 4.69) is 41.4 Å². The van der Waals surface area contributed by atoms with Crippen molar-refractivity contribution in [1.29, 1.82) is 0 Å². The Morgan fingerprint density at radius 2 is 1.58 bits per heavy atom. The predicted molar refractivity (Wildman–Crippen MR) is 131 cm³/mol. The summed E-state index contributed by atoms with van der Waals surface area (Å²) in [5.41, 5.74) is 3.39. The van der Waals surface area contributed by atoms with Gasteiger partial charge in [-0.1, -0.05) is 45.0 Å².